The van der Waals surface area contributed by atoms with Crippen LogP contribution in [0.2, 0.25) is 0 Å². The quantitative estimate of drug-likeness (QED) is 0.0299. The van der Waals surface area contributed by atoms with Crippen LogP contribution < -0.4 is 52.1 Å². The molecular weight excluding hydrogens is 917 g/mol. The highest BCUT2D eigenvalue weighted by Gasteiger charge is 2.45. The monoisotopic (exact) mass is 988 g/mol. The molecule has 17 heteroatoms. The Balaban J connectivity index is 1.10. The number of ether oxygens (including phenoxy) is 13. The molecule has 2 heterocycles. The van der Waals surface area contributed by atoms with Gasteiger partial charge in [0.05, 0.1) is 143 Å². The Labute approximate surface area is 418 Å². The summed E-state index contributed by atoms with van der Waals surface area (Å²) in [6.07, 6.45) is 5.41. The predicted octanol–water partition coefficient (Wildman–Crippen LogP) is 7.28. The van der Waals surface area contributed by atoms with E-state index in [9.17, 15) is 9.59 Å². The van der Waals surface area contributed by atoms with Gasteiger partial charge in [0.1, 0.15) is 12.1 Å². The van der Waals surface area contributed by atoms with Crippen LogP contribution in [0.5, 0.6) is 63.2 Å². The van der Waals surface area contributed by atoms with Gasteiger partial charge in [-0.1, -0.05) is 0 Å². The van der Waals surface area contributed by atoms with E-state index in [0.29, 0.717) is 105 Å². The van der Waals surface area contributed by atoms with Crippen LogP contribution in [0, 0.1) is 0 Å². The van der Waals surface area contributed by atoms with Crippen LogP contribution in [-0.2, 0) is 38.3 Å². The highest BCUT2D eigenvalue weighted by molar-refractivity contribution is 5.91. The second-order valence-corrected chi connectivity index (χ2v) is 17.9. The van der Waals surface area contributed by atoms with Gasteiger partial charge in [-0.3, -0.25) is 0 Å². The first-order valence-electron chi connectivity index (χ1n) is 23.6. The summed E-state index contributed by atoms with van der Waals surface area (Å²) in [6, 6.07) is 13.6. The van der Waals surface area contributed by atoms with E-state index in [1.165, 1.54) is 0 Å². The summed E-state index contributed by atoms with van der Waals surface area (Å²) >= 11 is 0. The van der Waals surface area contributed by atoms with Gasteiger partial charge in [-0.15, -0.1) is 0 Å². The third-order valence-corrected chi connectivity index (χ3v) is 14.0. The number of benzene rings is 4. The smallest absolute Gasteiger partial charge is 0.331 e. The average Bonchev–Trinajstić information content (AvgIpc) is 3.39. The van der Waals surface area contributed by atoms with Crippen LogP contribution in [0.1, 0.15) is 58.3 Å². The lowest BCUT2D eigenvalue weighted by Crippen LogP contribution is -2.52. The SMILES string of the molecule is COc1ccc(C2c3c(cc(OC)c(OC)c3OC)CC[N+]2(C)CCCOC(=O)/C=C/C(=O)OCCC[N+]2(C)CCc3cc(OC)c(OC)c(OC)c3C2Cc2cc(OC)c(OC)c(OC)c2)cc1OC. The lowest BCUT2D eigenvalue weighted by molar-refractivity contribution is -0.941. The first kappa shape index (κ1) is 53.6. The topological polar surface area (TPSA) is 154 Å². The highest BCUT2D eigenvalue weighted by atomic mass is 16.6. The largest absolute Gasteiger partial charge is 0.493 e. The molecule has 0 fully saturated rings. The number of hydrogen-bond acceptors (Lipinski definition) is 15. The van der Waals surface area contributed by atoms with E-state index in [2.05, 4.69) is 14.1 Å². The minimum absolute atomic E-state index is 0.121. The molecule has 4 aromatic rings. The molecule has 71 heavy (non-hydrogen) atoms. The summed E-state index contributed by atoms with van der Waals surface area (Å²) in [5.74, 6) is 5.01. The Hall–Kier alpha value is -6.72. The number of nitrogens with zero attached hydrogens (tertiary/aromatic N) is 2. The first-order valence-corrected chi connectivity index (χ1v) is 23.6. The third-order valence-electron chi connectivity index (χ3n) is 14.0. The number of hydrogen-bond donors (Lipinski definition) is 0. The summed E-state index contributed by atoms with van der Waals surface area (Å²) in [4.78, 5) is 25.9. The molecule has 0 aromatic heterocycles. The molecular formula is C54H72N2O15+2. The second kappa shape index (κ2) is 23.9. The number of fused-ring (bicyclic) bond motifs is 2. The molecule has 0 spiro atoms. The van der Waals surface area contributed by atoms with E-state index in [0.717, 1.165) is 71.5 Å². The summed E-state index contributed by atoms with van der Waals surface area (Å²) < 4.78 is 76.0. The van der Waals surface area contributed by atoms with E-state index in [1.54, 1.807) is 78.2 Å². The van der Waals surface area contributed by atoms with Crippen molar-refractivity contribution in [3.8, 4) is 63.2 Å². The normalized spacial score (nSPS) is 19.1. The molecule has 386 valence electrons. The molecule has 0 saturated carbocycles. The fourth-order valence-corrected chi connectivity index (χ4v) is 10.5. The third kappa shape index (κ3) is 11.3. The summed E-state index contributed by atoms with van der Waals surface area (Å²) in [5, 5.41) is 0. The van der Waals surface area contributed by atoms with Crippen LogP contribution in [-0.4, -0.2) is 153 Å². The molecule has 4 unspecified atom stereocenters. The number of rotatable bonds is 24. The fourth-order valence-electron chi connectivity index (χ4n) is 10.5. The Morgan fingerprint density at radius 1 is 0.493 bits per heavy atom. The van der Waals surface area contributed by atoms with Gasteiger partial charge >= 0.3 is 11.9 Å². The van der Waals surface area contributed by atoms with Gasteiger partial charge in [0.15, 0.2) is 46.0 Å². The zero-order valence-corrected chi connectivity index (χ0v) is 43.6. The van der Waals surface area contributed by atoms with Crippen molar-refractivity contribution in [1.29, 1.82) is 0 Å². The van der Waals surface area contributed by atoms with E-state index in [1.807, 2.05) is 42.5 Å². The fraction of sp³-hybridized carbons (Fsp3) is 0.481. The lowest BCUT2D eigenvalue weighted by Gasteiger charge is -2.46. The van der Waals surface area contributed by atoms with E-state index < -0.39 is 11.9 Å². The molecule has 2 aliphatic rings. The van der Waals surface area contributed by atoms with E-state index in [-0.39, 0.29) is 25.3 Å². The van der Waals surface area contributed by atoms with Crippen molar-refractivity contribution in [3.05, 3.63) is 88.0 Å². The van der Waals surface area contributed by atoms with Crippen LogP contribution >= 0.6 is 0 Å². The summed E-state index contributed by atoms with van der Waals surface area (Å²) in [7, 11) is 22.1. The molecule has 2 aliphatic heterocycles. The van der Waals surface area contributed by atoms with Crippen molar-refractivity contribution >= 4 is 11.9 Å². The predicted molar refractivity (Wildman–Crippen MR) is 266 cm³/mol. The van der Waals surface area contributed by atoms with Gasteiger partial charge in [0, 0.05) is 49.8 Å². The number of carbonyl (C=O) groups is 2. The van der Waals surface area contributed by atoms with Crippen LogP contribution in [0.25, 0.3) is 0 Å². The Bertz CT molecular complexity index is 2520. The van der Waals surface area contributed by atoms with Crippen molar-refractivity contribution < 1.29 is 80.1 Å². The van der Waals surface area contributed by atoms with Crippen LogP contribution in [0.15, 0.2) is 54.6 Å². The van der Waals surface area contributed by atoms with Crippen molar-refractivity contribution in [2.75, 3.05) is 132 Å². The minimum Gasteiger partial charge on any atom is -0.493 e. The molecule has 17 nitrogen and oxygen atoms in total. The Morgan fingerprint density at radius 2 is 0.930 bits per heavy atom. The highest BCUT2D eigenvalue weighted by Crippen LogP contribution is 2.53. The molecule has 0 bridgehead atoms. The van der Waals surface area contributed by atoms with Gasteiger partial charge in [-0.05, 0) is 59.2 Å². The Morgan fingerprint density at radius 3 is 1.41 bits per heavy atom. The van der Waals surface area contributed by atoms with Crippen molar-refractivity contribution in [1.82, 2.24) is 0 Å². The standard InChI is InChI=1S/C54H72N2O15/c1-55(24-20-35-31-43(63-7)51(66-10)53(68-12)47(35)38(55)28-34-29-41(61-5)50(65-9)42(30-34)62-6)22-14-26-70-45(57)18-19-46(58)71-27-15-23-56(2)25-21-36-32-44(64-8)52(67-11)54(69-13)48(36)49(56)37-16-17-39(59-3)40(33-37)60-4/h16-19,29-33,38,49H,14-15,20-28H2,1-13H3/q+2/b19-18+. The van der Waals surface area contributed by atoms with Gasteiger partial charge < -0.3 is 70.5 Å². The number of esters is 2. The molecule has 0 aliphatic carbocycles. The van der Waals surface area contributed by atoms with Gasteiger partial charge in [0.25, 0.3) is 0 Å². The lowest BCUT2D eigenvalue weighted by atomic mass is 9.84. The molecule has 0 amide bonds. The number of carbonyl (C=O) groups excluding carboxylic acids is 2. The maximum atomic E-state index is 13.0. The average molecular weight is 989 g/mol. The van der Waals surface area contributed by atoms with Gasteiger partial charge in [0.2, 0.25) is 17.2 Å². The maximum absolute atomic E-state index is 13.0. The van der Waals surface area contributed by atoms with Gasteiger partial charge in [-0.25, -0.2) is 9.59 Å². The van der Waals surface area contributed by atoms with Crippen molar-refractivity contribution in [2.24, 2.45) is 0 Å². The maximum Gasteiger partial charge on any atom is 0.331 e. The van der Waals surface area contributed by atoms with E-state index in [4.69, 9.17) is 61.6 Å². The van der Waals surface area contributed by atoms with Crippen molar-refractivity contribution in [3.63, 3.8) is 0 Å². The van der Waals surface area contributed by atoms with Crippen LogP contribution in [0.4, 0.5) is 0 Å². The first-order chi connectivity index (χ1) is 34.2. The number of quaternary nitrogens is 2. The summed E-state index contributed by atoms with van der Waals surface area (Å²) in [6.45, 7) is 3.16. The summed E-state index contributed by atoms with van der Waals surface area (Å²) in [5.41, 5.74) is 6.15. The molecule has 0 radical (unpaired) electrons. The van der Waals surface area contributed by atoms with Crippen LogP contribution in [0.3, 0.4) is 0 Å². The minimum atomic E-state index is -0.635. The van der Waals surface area contributed by atoms with Gasteiger partial charge in [-0.2, -0.15) is 0 Å². The zero-order chi connectivity index (χ0) is 51.5. The Kier molecular flexibility index (Phi) is 18.1. The zero-order valence-electron chi connectivity index (χ0n) is 43.6. The second-order valence-electron chi connectivity index (χ2n) is 17.9. The number of likely N-dealkylation sites (N-methyl/N-ethyl adjacent to an activating group) is 2. The molecule has 6 rings (SSSR count). The molecule has 4 aromatic carbocycles. The number of methoxy groups -OCH3 is 11. The molecule has 0 N–H and O–H groups in total. The molecule has 0 saturated heterocycles. The van der Waals surface area contributed by atoms with E-state index >= 15 is 0 Å². The van der Waals surface area contributed by atoms with Crippen molar-refractivity contribution in [2.45, 2.75) is 44.2 Å². The molecule has 4 atom stereocenters.